The molecule has 3 rings (SSSR count). The number of benzene rings is 2. The predicted octanol–water partition coefficient (Wildman–Crippen LogP) is 2.43. The van der Waals surface area contributed by atoms with Crippen molar-refractivity contribution < 1.29 is 19.5 Å². The van der Waals surface area contributed by atoms with Gasteiger partial charge in [0.05, 0.1) is 17.2 Å². The Kier molecular flexibility index (Phi) is 3.47. The third kappa shape index (κ3) is 2.37. The number of aromatic carboxylic acids is 1. The largest absolute Gasteiger partial charge is 0.478 e. The van der Waals surface area contributed by atoms with Crippen molar-refractivity contribution in [2.45, 2.75) is 12.3 Å². The van der Waals surface area contributed by atoms with Crippen LogP contribution in [0.2, 0.25) is 0 Å². The van der Waals surface area contributed by atoms with Crippen molar-refractivity contribution in [1.29, 1.82) is 0 Å². The van der Waals surface area contributed by atoms with Gasteiger partial charge in [-0.3, -0.25) is 14.5 Å². The third-order valence-electron chi connectivity index (χ3n) is 3.72. The van der Waals surface area contributed by atoms with Gasteiger partial charge in [0, 0.05) is 6.42 Å². The minimum Gasteiger partial charge on any atom is -0.478 e. The quantitative estimate of drug-likeness (QED) is 0.882. The minimum atomic E-state index is -1.05. The van der Waals surface area contributed by atoms with E-state index in [2.05, 4.69) is 0 Å². The number of carboxylic acid groups (broad SMARTS) is 1. The number of amides is 2. The number of imide groups is 1. The van der Waals surface area contributed by atoms with Crippen LogP contribution in [-0.4, -0.2) is 22.9 Å². The number of nitrogens with zero attached hydrogens (tertiary/aromatic N) is 1. The van der Waals surface area contributed by atoms with Crippen LogP contribution in [0.15, 0.2) is 54.6 Å². The Morgan fingerprint density at radius 1 is 1.00 bits per heavy atom. The zero-order valence-electron chi connectivity index (χ0n) is 11.6. The summed E-state index contributed by atoms with van der Waals surface area (Å²) in [6.07, 6.45) is 0.129. The molecule has 2 aromatic carbocycles. The summed E-state index contributed by atoms with van der Waals surface area (Å²) in [5.41, 5.74) is 1.33. The standard InChI is InChI=1S/C17H13NO4/c19-15-10-14(11-4-2-1-3-5-11)16(20)18(15)13-8-6-12(7-9-13)17(21)22/h1-9,14H,10H2,(H,21,22)/t14-/m0/s1. The molecule has 1 heterocycles. The van der Waals surface area contributed by atoms with Crippen LogP contribution in [0.5, 0.6) is 0 Å². The molecule has 22 heavy (non-hydrogen) atoms. The van der Waals surface area contributed by atoms with Crippen LogP contribution >= 0.6 is 0 Å². The van der Waals surface area contributed by atoms with Crippen molar-refractivity contribution in [3.05, 3.63) is 65.7 Å². The maximum absolute atomic E-state index is 12.5. The molecular weight excluding hydrogens is 282 g/mol. The molecule has 5 heteroatoms. The second-order valence-corrected chi connectivity index (χ2v) is 5.09. The summed E-state index contributed by atoms with van der Waals surface area (Å²) in [6, 6.07) is 14.9. The van der Waals surface area contributed by atoms with Crippen molar-refractivity contribution in [2.75, 3.05) is 4.90 Å². The zero-order chi connectivity index (χ0) is 15.7. The summed E-state index contributed by atoms with van der Waals surface area (Å²) in [5, 5.41) is 8.89. The fraction of sp³-hybridized carbons (Fsp3) is 0.118. The first-order chi connectivity index (χ1) is 10.6. The highest BCUT2D eigenvalue weighted by Crippen LogP contribution is 2.33. The molecule has 1 saturated heterocycles. The minimum absolute atomic E-state index is 0.113. The van der Waals surface area contributed by atoms with Gasteiger partial charge in [-0.2, -0.15) is 0 Å². The van der Waals surface area contributed by atoms with Crippen LogP contribution in [0, 0.1) is 0 Å². The van der Waals surface area contributed by atoms with E-state index in [4.69, 9.17) is 5.11 Å². The lowest BCUT2D eigenvalue weighted by Crippen LogP contribution is -2.30. The Labute approximate surface area is 126 Å². The molecule has 1 aliphatic heterocycles. The number of hydrogen-bond donors (Lipinski definition) is 1. The molecule has 5 nitrogen and oxygen atoms in total. The van der Waals surface area contributed by atoms with Crippen LogP contribution in [0.4, 0.5) is 5.69 Å². The lowest BCUT2D eigenvalue weighted by Gasteiger charge is -2.15. The highest BCUT2D eigenvalue weighted by atomic mass is 16.4. The molecule has 0 spiro atoms. The van der Waals surface area contributed by atoms with E-state index in [1.165, 1.54) is 24.3 Å². The highest BCUT2D eigenvalue weighted by Gasteiger charge is 2.40. The summed E-state index contributed by atoms with van der Waals surface area (Å²) in [7, 11) is 0. The van der Waals surface area contributed by atoms with E-state index in [-0.39, 0.29) is 23.8 Å². The number of carbonyl (C=O) groups excluding carboxylic acids is 2. The number of rotatable bonds is 3. The summed E-state index contributed by atoms with van der Waals surface area (Å²) in [5.74, 6) is -2.08. The first-order valence-electron chi connectivity index (χ1n) is 6.83. The van der Waals surface area contributed by atoms with E-state index in [0.29, 0.717) is 5.69 Å². The van der Waals surface area contributed by atoms with Crippen molar-refractivity contribution in [2.24, 2.45) is 0 Å². The molecule has 0 aromatic heterocycles. The highest BCUT2D eigenvalue weighted by molar-refractivity contribution is 6.22. The van der Waals surface area contributed by atoms with Crippen molar-refractivity contribution in [1.82, 2.24) is 0 Å². The van der Waals surface area contributed by atoms with Crippen LogP contribution in [0.1, 0.15) is 28.3 Å². The third-order valence-corrected chi connectivity index (χ3v) is 3.72. The molecule has 1 fully saturated rings. The van der Waals surface area contributed by atoms with Crippen molar-refractivity contribution in [3.63, 3.8) is 0 Å². The number of hydrogen-bond acceptors (Lipinski definition) is 3. The van der Waals surface area contributed by atoms with E-state index in [1.54, 1.807) is 0 Å². The molecule has 0 saturated carbocycles. The molecule has 110 valence electrons. The Hall–Kier alpha value is -2.95. The van der Waals surface area contributed by atoms with Gasteiger partial charge in [0.15, 0.2) is 0 Å². The van der Waals surface area contributed by atoms with Gasteiger partial charge in [-0.25, -0.2) is 4.79 Å². The van der Waals surface area contributed by atoms with Gasteiger partial charge >= 0.3 is 5.97 Å². The molecule has 2 amide bonds. The summed E-state index contributed by atoms with van der Waals surface area (Å²) >= 11 is 0. The smallest absolute Gasteiger partial charge is 0.335 e. The second-order valence-electron chi connectivity index (χ2n) is 5.09. The number of anilines is 1. The van der Waals surface area contributed by atoms with E-state index in [0.717, 1.165) is 10.5 Å². The molecule has 0 aliphatic carbocycles. The van der Waals surface area contributed by atoms with Gasteiger partial charge in [-0.05, 0) is 29.8 Å². The maximum atomic E-state index is 12.5. The number of carbonyl (C=O) groups is 3. The average Bonchev–Trinajstić information content (AvgIpc) is 2.83. The van der Waals surface area contributed by atoms with Gasteiger partial charge in [-0.1, -0.05) is 30.3 Å². The summed E-state index contributed by atoms with van der Waals surface area (Å²) in [6.45, 7) is 0. The average molecular weight is 295 g/mol. The van der Waals surface area contributed by atoms with Crippen LogP contribution in [-0.2, 0) is 9.59 Å². The first-order valence-corrected chi connectivity index (χ1v) is 6.83. The molecule has 1 atom stereocenters. The normalized spacial score (nSPS) is 17.8. The molecule has 1 N–H and O–H groups in total. The monoisotopic (exact) mass is 295 g/mol. The van der Waals surface area contributed by atoms with Crippen molar-refractivity contribution in [3.8, 4) is 0 Å². The Bertz CT molecular complexity index is 737. The lowest BCUT2D eigenvalue weighted by atomic mass is 9.98. The maximum Gasteiger partial charge on any atom is 0.335 e. The topological polar surface area (TPSA) is 74.7 Å². The Morgan fingerprint density at radius 2 is 1.64 bits per heavy atom. The molecule has 1 aliphatic rings. The fourth-order valence-electron chi connectivity index (χ4n) is 2.60. The zero-order valence-corrected chi connectivity index (χ0v) is 11.6. The van der Waals surface area contributed by atoms with Gasteiger partial charge < -0.3 is 5.11 Å². The van der Waals surface area contributed by atoms with Gasteiger partial charge in [0.1, 0.15) is 0 Å². The summed E-state index contributed by atoms with van der Waals surface area (Å²) in [4.78, 5) is 36.7. The summed E-state index contributed by atoms with van der Waals surface area (Å²) < 4.78 is 0. The number of carboxylic acids is 1. The van der Waals surface area contributed by atoms with Crippen LogP contribution in [0.3, 0.4) is 0 Å². The van der Waals surface area contributed by atoms with Gasteiger partial charge in [0.25, 0.3) is 0 Å². The lowest BCUT2D eigenvalue weighted by molar-refractivity contribution is -0.121. The second kappa shape index (κ2) is 5.44. The Balaban J connectivity index is 1.90. The Morgan fingerprint density at radius 3 is 2.23 bits per heavy atom. The van der Waals surface area contributed by atoms with Gasteiger partial charge in [0.2, 0.25) is 11.8 Å². The fourth-order valence-corrected chi connectivity index (χ4v) is 2.60. The van der Waals surface area contributed by atoms with E-state index >= 15 is 0 Å². The van der Waals surface area contributed by atoms with Crippen molar-refractivity contribution >= 4 is 23.5 Å². The van der Waals surface area contributed by atoms with E-state index < -0.39 is 11.9 Å². The molecule has 0 radical (unpaired) electrons. The molecule has 0 unspecified atom stereocenters. The molecular formula is C17H13NO4. The van der Waals surface area contributed by atoms with Gasteiger partial charge in [-0.15, -0.1) is 0 Å². The van der Waals surface area contributed by atoms with E-state index in [9.17, 15) is 14.4 Å². The van der Waals surface area contributed by atoms with Crippen LogP contribution in [0.25, 0.3) is 0 Å². The van der Waals surface area contributed by atoms with E-state index in [1.807, 2.05) is 30.3 Å². The predicted molar refractivity (Wildman–Crippen MR) is 79.7 cm³/mol. The van der Waals surface area contributed by atoms with Crippen LogP contribution < -0.4 is 4.90 Å². The first kappa shape index (κ1) is 14.0. The molecule has 2 aromatic rings. The SMILES string of the molecule is O=C(O)c1ccc(N2C(=O)C[C@@H](c3ccccc3)C2=O)cc1. The molecule has 0 bridgehead atoms.